The van der Waals surface area contributed by atoms with Crippen LogP contribution in [-0.2, 0) is 10.0 Å². The van der Waals surface area contributed by atoms with Crippen molar-refractivity contribution in [1.29, 1.82) is 0 Å². The molecule has 0 bridgehead atoms. The van der Waals surface area contributed by atoms with Gasteiger partial charge in [0.1, 0.15) is 10.7 Å². The summed E-state index contributed by atoms with van der Waals surface area (Å²) in [4.78, 5) is 4.32. The Labute approximate surface area is 112 Å². The molecule has 1 saturated heterocycles. The smallest absolute Gasteiger partial charge is 0.246 e. The maximum atomic E-state index is 12.6. The van der Waals surface area contributed by atoms with Crippen LogP contribution in [0.4, 0.5) is 5.82 Å². The fourth-order valence-corrected chi connectivity index (χ4v) is 4.52. The molecule has 1 N–H and O–H groups in total. The molecule has 1 aliphatic heterocycles. The normalized spacial score (nSPS) is 18.3. The second-order valence-corrected chi connectivity index (χ2v) is 7.10. The zero-order valence-electron chi connectivity index (χ0n) is 10.3. The molecular weight excluding hydrogens is 270 g/mol. The second kappa shape index (κ2) is 5.90. The molecule has 1 fully saturated rings. The first kappa shape index (κ1) is 13.6. The van der Waals surface area contributed by atoms with Crippen LogP contribution in [0.3, 0.4) is 0 Å². The summed E-state index contributed by atoms with van der Waals surface area (Å²) in [6.45, 7) is 1.17. The molecule has 1 aromatic heterocycles. The van der Waals surface area contributed by atoms with Gasteiger partial charge in [-0.15, -0.1) is 0 Å². The Balaban J connectivity index is 2.34. The minimum atomic E-state index is -3.43. The Morgan fingerprint density at radius 1 is 1.39 bits per heavy atom. The Morgan fingerprint density at radius 2 is 2.22 bits per heavy atom. The highest BCUT2D eigenvalue weighted by molar-refractivity contribution is 7.99. The van der Waals surface area contributed by atoms with Crippen molar-refractivity contribution >= 4 is 27.6 Å². The molecule has 0 spiro atoms. The number of nitrogens with zero attached hydrogens (tertiary/aromatic N) is 2. The zero-order chi connectivity index (χ0) is 13.0. The second-order valence-electron chi connectivity index (χ2n) is 3.97. The molecule has 0 saturated carbocycles. The summed E-state index contributed by atoms with van der Waals surface area (Å²) in [5.74, 6) is 2.29. The molecular formula is C11H17N3O2S2. The number of hydrogen-bond donors (Lipinski definition) is 1. The Morgan fingerprint density at radius 3 is 3.00 bits per heavy atom. The maximum Gasteiger partial charge on any atom is 0.246 e. The van der Waals surface area contributed by atoms with Gasteiger partial charge < -0.3 is 5.32 Å². The average molecular weight is 287 g/mol. The van der Waals surface area contributed by atoms with Crippen LogP contribution in [0.1, 0.15) is 6.42 Å². The molecule has 0 aliphatic carbocycles. The van der Waals surface area contributed by atoms with Crippen molar-refractivity contribution < 1.29 is 8.42 Å². The summed E-state index contributed by atoms with van der Waals surface area (Å²) in [7, 11) is -1.75. The molecule has 7 heteroatoms. The van der Waals surface area contributed by atoms with E-state index in [4.69, 9.17) is 0 Å². The fourth-order valence-electron chi connectivity index (χ4n) is 1.89. The van der Waals surface area contributed by atoms with Gasteiger partial charge in [-0.3, -0.25) is 0 Å². The third kappa shape index (κ3) is 2.78. The van der Waals surface area contributed by atoms with Gasteiger partial charge in [-0.05, 0) is 24.3 Å². The van der Waals surface area contributed by atoms with E-state index in [-0.39, 0.29) is 4.90 Å². The lowest BCUT2D eigenvalue weighted by atomic mass is 10.4. The van der Waals surface area contributed by atoms with Gasteiger partial charge in [0.15, 0.2) is 0 Å². The first-order chi connectivity index (χ1) is 8.66. The number of aromatic nitrogens is 1. The predicted molar refractivity (Wildman–Crippen MR) is 74.5 cm³/mol. The van der Waals surface area contributed by atoms with Gasteiger partial charge in [-0.2, -0.15) is 16.1 Å². The maximum absolute atomic E-state index is 12.6. The minimum Gasteiger partial charge on any atom is -0.372 e. The Hall–Kier alpha value is -0.790. The van der Waals surface area contributed by atoms with Crippen molar-refractivity contribution in [2.75, 3.05) is 37.0 Å². The number of rotatable bonds is 3. The summed E-state index contributed by atoms with van der Waals surface area (Å²) >= 11 is 1.80. The lowest BCUT2D eigenvalue weighted by Gasteiger charge is -2.20. The van der Waals surface area contributed by atoms with Crippen LogP contribution in [0.2, 0.25) is 0 Å². The Kier molecular flexibility index (Phi) is 4.47. The van der Waals surface area contributed by atoms with Gasteiger partial charge in [0.05, 0.1) is 0 Å². The fraction of sp³-hybridized carbons (Fsp3) is 0.545. The van der Waals surface area contributed by atoms with Crippen molar-refractivity contribution in [3.05, 3.63) is 18.3 Å². The van der Waals surface area contributed by atoms with Gasteiger partial charge in [0.2, 0.25) is 10.0 Å². The van der Waals surface area contributed by atoms with E-state index in [2.05, 4.69) is 10.3 Å². The number of thioether (sulfide) groups is 1. The molecule has 0 radical (unpaired) electrons. The standard InChI is InChI=1S/C11H17N3O2S2/c1-12-11-10(4-2-5-13-11)18(15,16)14-6-3-8-17-9-7-14/h2,4-5H,3,6-9H2,1H3,(H,12,13). The van der Waals surface area contributed by atoms with Crippen molar-refractivity contribution in [2.24, 2.45) is 0 Å². The van der Waals surface area contributed by atoms with Crippen LogP contribution in [0.5, 0.6) is 0 Å². The van der Waals surface area contributed by atoms with Crippen molar-refractivity contribution in [2.45, 2.75) is 11.3 Å². The topological polar surface area (TPSA) is 62.3 Å². The van der Waals surface area contributed by atoms with E-state index in [1.165, 1.54) is 0 Å². The molecule has 5 nitrogen and oxygen atoms in total. The molecule has 100 valence electrons. The SMILES string of the molecule is CNc1ncccc1S(=O)(=O)N1CCCSCC1. The average Bonchev–Trinajstić information content (AvgIpc) is 2.68. The lowest BCUT2D eigenvalue weighted by molar-refractivity contribution is 0.435. The van der Waals surface area contributed by atoms with Crippen LogP contribution < -0.4 is 5.32 Å². The van der Waals surface area contributed by atoms with Crippen molar-refractivity contribution in [1.82, 2.24) is 9.29 Å². The van der Waals surface area contributed by atoms with Crippen LogP contribution in [0.25, 0.3) is 0 Å². The molecule has 0 amide bonds. The van der Waals surface area contributed by atoms with E-state index in [0.717, 1.165) is 17.9 Å². The third-order valence-corrected chi connectivity index (χ3v) is 5.79. The summed E-state index contributed by atoms with van der Waals surface area (Å²) in [6, 6.07) is 3.26. The number of nitrogens with one attached hydrogen (secondary N) is 1. The van der Waals surface area contributed by atoms with Crippen LogP contribution in [0.15, 0.2) is 23.2 Å². The van der Waals surface area contributed by atoms with E-state index in [0.29, 0.717) is 18.9 Å². The molecule has 0 atom stereocenters. The van der Waals surface area contributed by atoms with Crippen LogP contribution >= 0.6 is 11.8 Å². The van der Waals surface area contributed by atoms with Crippen LogP contribution in [0, 0.1) is 0 Å². The van der Waals surface area contributed by atoms with Gasteiger partial charge in [0.25, 0.3) is 0 Å². The highest BCUT2D eigenvalue weighted by atomic mass is 32.2. The molecule has 2 rings (SSSR count). The van der Waals surface area contributed by atoms with Gasteiger partial charge >= 0.3 is 0 Å². The molecule has 18 heavy (non-hydrogen) atoms. The molecule has 2 heterocycles. The van der Waals surface area contributed by atoms with Crippen LogP contribution in [-0.4, -0.2) is 49.3 Å². The first-order valence-corrected chi connectivity index (χ1v) is 8.46. The molecule has 1 aliphatic rings. The lowest BCUT2D eigenvalue weighted by Crippen LogP contribution is -2.33. The van der Waals surface area contributed by atoms with Gasteiger partial charge in [0, 0.05) is 32.1 Å². The third-order valence-electron chi connectivity index (χ3n) is 2.81. The van der Waals surface area contributed by atoms with E-state index < -0.39 is 10.0 Å². The zero-order valence-corrected chi connectivity index (χ0v) is 11.9. The largest absolute Gasteiger partial charge is 0.372 e. The van der Waals surface area contributed by atoms with Gasteiger partial charge in [-0.1, -0.05) is 0 Å². The monoisotopic (exact) mass is 287 g/mol. The van der Waals surface area contributed by atoms with Gasteiger partial charge in [-0.25, -0.2) is 13.4 Å². The number of sulfonamides is 1. The van der Waals surface area contributed by atoms with E-state index in [9.17, 15) is 8.42 Å². The molecule has 0 aromatic carbocycles. The molecule has 0 unspecified atom stereocenters. The highest BCUT2D eigenvalue weighted by Crippen LogP contribution is 2.24. The quantitative estimate of drug-likeness (QED) is 0.906. The van der Waals surface area contributed by atoms with Crippen molar-refractivity contribution in [3.8, 4) is 0 Å². The number of anilines is 1. The van der Waals surface area contributed by atoms with E-state index in [1.54, 1.807) is 41.4 Å². The first-order valence-electron chi connectivity index (χ1n) is 5.87. The summed E-state index contributed by atoms with van der Waals surface area (Å²) < 4.78 is 26.7. The minimum absolute atomic E-state index is 0.263. The highest BCUT2D eigenvalue weighted by Gasteiger charge is 2.27. The molecule has 1 aromatic rings. The number of hydrogen-bond acceptors (Lipinski definition) is 5. The summed E-state index contributed by atoms with van der Waals surface area (Å²) in [6.07, 6.45) is 2.49. The number of pyridine rings is 1. The predicted octanol–water partition coefficient (Wildman–Crippen LogP) is 1.25. The van der Waals surface area contributed by atoms with Crippen molar-refractivity contribution in [3.63, 3.8) is 0 Å². The Bertz CT molecular complexity index is 497. The van der Waals surface area contributed by atoms with E-state index >= 15 is 0 Å². The summed E-state index contributed by atoms with van der Waals surface area (Å²) in [5, 5.41) is 2.83. The van der Waals surface area contributed by atoms with E-state index in [1.807, 2.05) is 0 Å². The summed E-state index contributed by atoms with van der Waals surface area (Å²) in [5.41, 5.74) is 0.